The van der Waals surface area contributed by atoms with E-state index in [1.807, 2.05) is 0 Å². The molecule has 0 N–H and O–H groups in total. The summed E-state index contributed by atoms with van der Waals surface area (Å²) in [6, 6.07) is 0. The molecule has 0 aromatic rings. The summed E-state index contributed by atoms with van der Waals surface area (Å²) in [5.41, 5.74) is 0. The molecule has 1 aliphatic heterocycles. The van der Waals surface area contributed by atoms with Gasteiger partial charge in [-0.3, -0.25) is 0 Å². The van der Waals surface area contributed by atoms with Gasteiger partial charge in [0.05, 0.1) is 0 Å². The van der Waals surface area contributed by atoms with Crippen LogP contribution in [0.2, 0.25) is 0 Å². The van der Waals surface area contributed by atoms with E-state index in [1.165, 1.54) is 49.6 Å². The van der Waals surface area contributed by atoms with Crippen LogP contribution >= 0.6 is 0 Å². The second-order valence-corrected chi connectivity index (χ2v) is 4.32. The molecule has 1 aliphatic rings. The Morgan fingerprint density at radius 2 is 1.73 bits per heavy atom. The van der Waals surface area contributed by atoms with E-state index in [1.54, 1.807) is 0 Å². The fraction of sp³-hybridized carbons (Fsp3) is 0.889. The van der Waals surface area contributed by atoms with E-state index in [0.29, 0.717) is 0 Å². The third kappa shape index (κ3) is 3.39. The van der Waals surface area contributed by atoms with E-state index in [0.717, 1.165) is 0 Å². The molecule has 0 amide bonds. The molecule has 0 bridgehead atoms. The van der Waals surface area contributed by atoms with E-state index in [4.69, 9.17) is 0 Å². The molecular formula is C9H17NSe. The molecule has 0 aliphatic carbocycles. The van der Waals surface area contributed by atoms with Crippen LogP contribution in [0, 0.1) is 0 Å². The molecule has 1 saturated heterocycles. The zero-order valence-electron chi connectivity index (χ0n) is 7.31. The Kier molecular flexibility index (Phi) is 4.17. The topological polar surface area (TPSA) is 3.24 Å². The number of nitrogens with zero attached hydrogens (tertiary/aromatic N) is 1. The van der Waals surface area contributed by atoms with Crippen molar-refractivity contribution < 1.29 is 0 Å². The molecule has 0 aromatic heterocycles. The predicted molar refractivity (Wildman–Crippen MR) is 51.1 cm³/mol. The minimum atomic E-state index is 1.24. The van der Waals surface area contributed by atoms with Gasteiger partial charge in [-0.05, 0) is 0 Å². The fourth-order valence-corrected chi connectivity index (χ4v) is 1.97. The molecule has 64 valence electrons. The molecule has 1 heterocycles. The third-order valence-electron chi connectivity index (χ3n) is 2.31. The molecule has 0 saturated carbocycles. The summed E-state index contributed by atoms with van der Waals surface area (Å²) >= 11 is 3.17. The number of hydrogen-bond acceptors (Lipinski definition) is 1. The van der Waals surface area contributed by atoms with Gasteiger partial charge in [-0.1, -0.05) is 0 Å². The molecule has 0 aromatic carbocycles. The molecule has 0 unspecified atom stereocenters. The van der Waals surface area contributed by atoms with Crippen molar-refractivity contribution >= 4 is 20.1 Å². The van der Waals surface area contributed by atoms with Crippen molar-refractivity contribution in [2.24, 2.45) is 0 Å². The maximum atomic E-state index is 3.17. The van der Waals surface area contributed by atoms with Gasteiger partial charge >= 0.3 is 77.1 Å². The van der Waals surface area contributed by atoms with Gasteiger partial charge < -0.3 is 0 Å². The fourth-order valence-electron chi connectivity index (χ4n) is 1.47. The molecule has 1 rings (SSSR count). The van der Waals surface area contributed by atoms with Crippen LogP contribution in [0.15, 0.2) is 0 Å². The molecule has 1 fully saturated rings. The average molecular weight is 218 g/mol. The first-order valence-electron chi connectivity index (χ1n) is 4.54. The second-order valence-electron chi connectivity index (χ2n) is 3.33. The molecule has 11 heavy (non-hydrogen) atoms. The molecule has 0 radical (unpaired) electrons. The van der Waals surface area contributed by atoms with E-state index < -0.39 is 0 Å². The Balaban J connectivity index is 2.35. The molecule has 0 spiro atoms. The van der Waals surface area contributed by atoms with Crippen LogP contribution in [-0.2, 0) is 0 Å². The van der Waals surface area contributed by atoms with E-state index in [2.05, 4.69) is 27.5 Å². The first kappa shape index (κ1) is 9.28. The standard InChI is InChI=1S/C9H17NSe/c1-10-8-6-4-2-3-5-7-9(10)11/h2-8H2,1H3. The summed E-state index contributed by atoms with van der Waals surface area (Å²) in [7, 11) is 2.19. The van der Waals surface area contributed by atoms with E-state index >= 15 is 0 Å². The van der Waals surface area contributed by atoms with Crippen LogP contribution in [0.25, 0.3) is 0 Å². The Morgan fingerprint density at radius 1 is 1.09 bits per heavy atom. The predicted octanol–water partition coefficient (Wildman–Crippen LogP) is 1.57. The molecule has 0 atom stereocenters. The van der Waals surface area contributed by atoms with Gasteiger partial charge in [0.2, 0.25) is 0 Å². The van der Waals surface area contributed by atoms with Crippen molar-refractivity contribution in [1.82, 2.24) is 4.90 Å². The van der Waals surface area contributed by atoms with Crippen molar-refractivity contribution in [1.29, 1.82) is 0 Å². The first-order chi connectivity index (χ1) is 5.30. The van der Waals surface area contributed by atoms with Crippen LogP contribution in [0.5, 0.6) is 0 Å². The van der Waals surface area contributed by atoms with E-state index in [9.17, 15) is 0 Å². The van der Waals surface area contributed by atoms with Crippen LogP contribution in [0.3, 0.4) is 0 Å². The first-order valence-corrected chi connectivity index (χ1v) is 5.40. The SMILES string of the molecule is CN1CCCCCCCC1=[Se]. The van der Waals surface area contributed by atoms with Gasteiger partial charge in [0.15, 0.2) is 0 Å². The van der Waals surface area contributed by atoms with Gasteiger partial charge in [-0.15, -0.1) is 0 Å². The van der Waals surface area contributed by atoms with Crippen molar-refractivity contribution in [3.8, 4) is 0 Å². The number of rotatable bonds is 0. The normalized spacial score (nSPS) is 22.3. The zero-order valence-corrected chi connectivity index (χ0v) is 9.02. The van der Waals surface area contributed by atoms with Crippen molar-refractivity contribution in [3.63, 3.8) is 0 Å². The van der Waals surface area contributed by atoms with Gasteiger partial charge in [0.25, 0.3) is 0 Å². The summed E-state index contributed by atoms with van der Waals surface area (Å²) in [5.74, 6) is 0. The maximum absolute atomic E-state index is 3.17. The van der Waals surface area contributed by atoms with Crippen molar-refractivity contribution in [3.05, 3.63) is 0 Å². The quantitative estimate of drug-likeness (QED) is 0.558. The summed E-state index contributed by atoms with van der Waals surface area (Å²) in [6.45, 7) is 1.24. The van der Waals surface area contributed by atoms with Gasteiger partial charge in [0.1, 0.15) is 0 Å². The monoisotopic (exact) mass is 219 g/mol. The Bertz CT molecular complexity index is 134. The van der Waals surface area contributed by atoms with Gasteiger partial charge in [-0.25, -0.2) is 0 Å². The molecular weight excluding hydrogens is 201 g/mol. The zero-order chi connectivity index (χ0) is 8.10. The van der Waals surface area contributed by atoms with Crippen LogP contribution in [0.1, 0.15) is 38.5 Å². The van der Waals surface area contributed by atoms with Gasteiger partial charge in [0, 0.05) is 0 Å². The van der Waals surface area contributed by atoms with Crippen LogP contribution in [-0.4, -0.2) is 38.6 Å². The molecule has 2 heteroatoms. The Hall–Kier alpha value is 0.189. The average Bonchev–Trinajstić information content (AvgIpc) is 2.07. The Labute approximate surface area is 77.5 Å². The number of hydrogen-bond donors (Lipinski definition) is 0. The van der Waals surface area contributed by atoms with Crippen LogP contribution in [0.4, 0.5) is 0 Å². The third-order valence-corrected chi connectivity index (χ3v) is 3.39. The van der Waals surface area contributed by atoms with Crippen molar-refractivity contribution in [2.45, 2.75) is 38.5 Å². The van der Waals surface area contributed by atoms with Gasteiger partial charge in [-0.2, -0.15) is 0 Å². The van der Waals surface area contributed by atoms with Crippen LogP contribution < -0.4 is 0 Å². The Morgan fingerprint density at radius 3 is 2.55 bits per heavy atom. The summed E-state index contributed by atoms with van der Waals surface area (Å²) in [6.07, 6.45) is 8.25. The van der Waals surface area contributed by atoms with Crippen molar-refractivity contribution in [2.75, 3.05) is 13.6 Å². The molecule has 1 nitrogen and oxygen atoms in total. The van der Waals surface area contributed by atoms with E-state index in [-0.39, 0.29) is 0 Å². The summed E-state index contributed by atoms with van der Waals surface area (Å²) in [4.78, 5) is 2.37. The minimum absolute atomic E-state index is 1.24. The summed E-state index contributed by atoms with van der Waals surface area (Å²) in [5, 5.41) is 0. The second kappa shape index (κ2) is 4.95. The summed E-state index contributed by atoms with van der Waals surface area (Å²) < 4.78 is 1.45.